The van der Waals surface area contributed by atoms with Gasteiger partial charge in [0.15, 0.2) is 0 Å². The summed E-state index contributed by atoms with van der Waals surface area (Å²) in [7, 11) is 0. The molecule has 0 saturated heterocycles. The Morgan fingerprint density at radius 2 is 2.21 bits per heavy atom. The monoisotopic (exact) mass is 299 g/mol. The molecule has 1 N–H and O–H groups in total. The summed E-state index contributed by atoms with van der Waals surface area (Å²) >= 11 is 12.1. The molecule has 1 unspecified atom stereocenters. The summed E-state index contributed by atoms with van der Waals surface area (Å²) in [4.78, 5) is 12.2. The Bertz CT molecular complexity index is 511. The van der Waals surface area contributed by atoms with E-state index in [0.717, 1.165) is 0 Å². The summed E-state index contributed by atoms with van der Waals surface area (Å²) in [6.07, 6.45) is 5.23. The third-order valence-corrected chi connectivity index (χ3v) is 3.26. The van der Waals surface area contributed by atoms with Crippen molar-refractivity contribution in [2.24, 2.45) is 0 Å². The van der Waals surface area contributed by atoms with Gasteiger partial charge in [0.25, 0.3) is 0 Å². The van der Waals surface area contributed by atoms with Crippen molar-refractivity contribution in [1.29, 1.82) is 0 Å². The molecule has 0 aliphatic rings. The topological polar surface area (TPSA) is 38.3 Å². The Morgan fingerprint density at radius 1 is 1.53 bits per heavy atom. The van der Waals surface area contributed by atoms with E-state index in [2.05, 4.69) is 11.2 Å². The molecule has 0 fully saturated rings. The van der Waals surface area contributed by atoms with Crippen LogP contribution in [0.2, 0.25) is 10.0 Å². The van der Waals surface area contributed by atoms with Crippen molar-refractivity contribution in [2.45, 2.75) is 19.4 Å². The number of ether oxygens (including phenoxy) is 1. The Kier molecular flexibility index (Phi) is 5.68. The van der Waals surface area contributed by atoms with Gasteiger partial charge in [0.1, 0.15) is 5.54 Å². The Balaban J connectivity index is 3.26. The maximum absolute atomic E-state index is 12.2. The van der Waals surface area contributed by atoms with Gasteiger partial charge in [-0.2, -0.15) is 0 Å². The van der Waals surface area contributed by atoms with Crippen molar-refractivity contribution < 1.29 is 9.53 Å². The highest BCUT2D eigenvalue weighted by molar-refractivity contribution is 6.33. The van der Waals surface area contributed by atoms with E-state index >= 15 is 0 Å². The van der Waals surface area contributed by atoms with E-state index in [9.17, 15) is 4.79 Å². The van der Waals surface area contributed by atoms with Crippen LogP contribution < -0.4 is 5.32 Å². The fraction of sp³-hybridized carbons (Fsp3) is 0.357. The molecule has 1 aromatic carbocycles. The third-order valence-electron chi connectivity index (χ3n) is 2.69. The molecule has 1 rings (SSSR count). The summed E-state index contributed by atoms with van der Waals surface area (Å²) in [5.74, 6) is 1.98. The van der Waals surface area contributed by atoms with Crippen LogP contribution in [-0.4, -0.2) is 19.1 Å². The molecule has 102 valence electrons. The van der Waals surface area contributed by atoms with Crippen LogP contribution in [-0.2, 0) is 15.1 Å². The zero-order chi connectivity index (χ0) is 14.5. The number of carbonyl (C=O) groups is 1. The molecule has 3 nitrogen and oxygen atoms in total. The molecule has 1 aromatic rings. The van der Waals surface area contributed by atoms with Crippen LogP contribution in [0.1, 0.15) is 19.4 Å². The van der Waals surface area contributed by atoms with Crippen molar-refractivity contribution in [3.05, 3.63) is 33.8 Å². The molecule has 0 saturated carbocycles. The maximum atomic E-state index is 12.2. The largest absolute Gasteiger partial charge is 0.464 e. The van der Waals surface area contributed by atoms with E-state index in [1.165, 1.54) is 0 Å². The van der Waals surface area contributed by atoms with E-state index < -0.39 is 11.5 Å². The molecule has 0 radical (unpaired) electrons. The van der Waals surface area contributed by atoms with Crippen molar-refractivity contribution in [3.8, 4) is 12.3 Å². The lowest BCUT2D eigenvalue weighted by molar-refractivity contribution is -0.150. The number of hydrogen-bond donors (Lipinski definition) is 1. The fourth-order valence-electron chi connectivity index (χ4n) is 1.66. The lowest BCUT2D eigenvalue weighted by Gasteiger charge is -2.29. The second-order valence-corrected chi connectivity index (χ2v) is 4.87. The number of esters is 1. The number of halogens is 2. The van der Waals surface area contributed by atoms with E-state index in [4.69, 9.17) is 34.4 Å². The lowest BCUT2D eigenvalue weighted by atomic mass is 9.91. The van der Waals surface area contributed by atoms with Crippen LogP contribution in [0.25, 0.3) is 0 Å². The lowest BCUT2D eigenvalue weighted by Crippen LogP contribution is -2.48. The number of carbonyl (C=O) groups excluding carboxylic acids is 1. The fourth-order valence-corrected chi connectivity index (χ4v) is 2.14. The highest BCUT2D eigenvalue weighted by Gasteiger charge is 2.38. The SMILES string of the molecule is C#CCNC(C)(C(=O)OCC)c1cc(Cl)ccc1Cl. The Hall–Kier alpha value is -1.21. The zero-order valence-corrected chi connectivity index (χ0v) is 12.3. The first-order valence-corrected chi connectivity index (χ1v) is 6.52. The van der Waals surface area contributed by atoms with Gasteiger partial charge < -0.3 is 4.74 Å². The average Bonchev–Trinajstić information content (AvgIpc) is 2.39. The van der Waals surface area contributed by atoms with E-state index in [1.54, 1.807) is 32.0 Å². The van der Waals surface area contributed by atoms with Crippen LogP contribution in [0.4, 0.5) is 0 Å². The van der Waals surface area contributed by atoms with Gasteiger partial charge in [-0.1, -0.05) is 29.1 Å². The van der Waals surface area contributed by atoms with Crippen molar-refractivity contribution in [2.75, 3.05) is 13.2 Å². The molecule has 0 bridgehead atoms. The number of hydrogen-bond acceptors (Lipinski definition) is 3. The number of benzene rings is 1. The van der Waals surface area contributed by atoms with Crippen LogP contribution in [0.3, 0.4) is 0 Å². The molecule has 0 amide bonds. The van der Waals surface area contributed by atoms with Gasteiger partial charge in [-0.25, -0.2) is 4.79 Å². The van der Waals surface area contributed by atoms with E-state index in [1.807, 2.05) is 0 Å². The average molecular weight is 300 g/mol. The molecule has 0 aromatic heterocycles. The second-order valence-electron chi connectivity index (χ2n) is 4.03. The summed E-state index contributed by atoms with van der Waals surface area (Å²) in [5, 5.41) is 3.87. The third kappa shape index (κ3) is 3.63. The van der Waals surface area contributed by atoms with Gasteiger partial charge in [0, 0.05) is 15.6 Å². The standard InChI is InChI=1S/C14H15Cl2NO2/c1-4-8-17-14(3,13(18)19-5-2)11-9-10(15)6-7-12(11)16/h1,6-7,9,17H,5,8H2,2-3H3. The second kappa shape index (κ2) is 6.81. The zero-order valence-electron chi connectivity index (χ0n) is 10.8. The molecule has 0 heterocycles. The van der Waals surface area contributed by atoms with Crippen LogP contribution in [0.5, 0.6) is 0 Å². The Labute approximate surface area is 123 Å². The quantitative estimate of drug-likeness (QED) is 0.671. The molecular weight excluding hydrogens is 285 g/mol. The molecule has 1 atom stereocenters. The maximum Gasteiger partial charge on any atom is 0.330 e. The van der Waals surface area contributed by atoms with Crippen LogP contribution >= 0.6 is 23.2 Å². The minimum absolute atomic E-state index is 0.207. The molecule has 5 heteroatoms. The van der Waals surface area contributed by atoms with Crippen molar-refractivity contribution in [1.82, 2.24) is 5.32 Å². The minimum Gasteiger partial charge on any atom is -0.464 e. The summed E-state index contributed by atoms with van der Waals surface area (Å²) in [5.41, 5.74) is -0.597. The number of terminal acetylenes is 1. The number of rotatable bonds is 5. The summed E-state index contributed by atoms with van der Waals surface area (Å²) in [6.45, 7) is 3.88. The van der Waals surface area contributed by atoms with Gasteiger partial charge >= 0.3 is 5.97 Å². The first kappa shape index (κ1) is 15.8. The summed E-state index contributed by atoms with van der Waals surface area (Å²) in [6, 6.07) is 4.92. The molecule has 0 aliphatic carbocycles. The van der Waals surface area contributed by atoms with Crippen molar-refractivity contribution >= 4 is 29.2 Å². The first-order chi connectivity index (χ1) is 8.95. The summed E-state index contributed by atoms with van der Waals surface area (Å²) < 4.78 is 5.08. The highest BCUT2D eigenvalue weighted by Crippen LogP contribution is 2.31. The van der Waals surface area contributed by atoms with E-state index in [0.29, 0.717) is 15.6 Å². The van der Waals surface area contributed by atoms with Gasteiger partial charge in [-0.15, -0.1) is 6.42 Å². The predicted octanol–water partition coefficient (Wildman–Crippen LogP) is 2.99. The van der Waals surface area contributed by atoms with Gasteiger partial charge in [-0.05, 0) is 32.0 Å². The van der Waals surface area contributed by atoms with Gasteiger partial charge in [0.05, 0.1) is 13.2 Å². The normalized spacial score (nSPS) is 13.4. The molecular formula is C14H15Cl2NO2. The predicted molar refractivity (Wildman–Crippen MR) is 77.3 cm³/mol. The van der Waals surface area contributed by atoms with Gasteiger partial charge in [0.2, 0.25) is 0 Å². The van der Waals surface area contributed by atoms with Crippen LogP contribution in [0, 0.1) is 12.3 Å². The van der Waals surface area contributed by atoms with E-state index in [-0.39, 0.29) is 13.2 Å². The smallest absolute Gasteiger partial charge is 0.330 e. The Morgan fingerprint density at radius 3 is 2.79 bits per heavy atom. The van der Waals surface area contributed by atoms with Crippen molar-refractivity contribution in [3.63, 3.8) is 0 Å². The first-order valence-electron chi connectivity index (χ1n) is 5.77. The minimum atomic E-state index is -1.13. The molecule has 19 heavy (non-hydrogen) atoms. The van der Waals surface area contributed by atoms with Gasteiger partial charge in [-0.3, -0.25) is 5.32 Å². The molecule has 0 aliphatic heterocycles. The highest BCUT2D eigenvalue weighted by atomic mass is 35.5. The number of nitrogens with one attached hydrogen (secondary N) is 1. The van der Waals surface area contributed by atoms with Crippen LogP contribution in [0.15, 0.2) is 18.2 Å². The molecule has 0 spiro atoms.